The topological polar surface area (TPSA) is 65.7 Å². The minimum atomic E-state index is -0.523. The lowest BCUT2D eigenvalue weighted by Gasteiger charge is -2.07. The zero-order valence-electron chi connectivity index (χ0n) is 11.0. The second-order valence-corrected chi connectivity index (χ2v) is 3.99. The SMILES string of the molecule is CCOC(=O)c1cc2cc(C=O)c(OC)c(C)c2o1. The number of benzene rings is 1. The second kappa shape index (κ2) is 5.14. The van der Waals surface area contributed by atoms with Crippen LogP contribution in [-0.4, -0.2) is 26.0 Å². The lowest BCUT2D eigenvalue weighted by Crippen LogP contribution is -2.02. The lowest BCUT2D eigenvalue weighted by molar-refractivity contribution is 0.0492. The average molecular weight is 262 g/mol. The van der Waals surface area contributed by atoms with Crippen molar-refractivity contribution < 1.29 is 23.5 Å². The van der Waals surface area contributed by atoms with Gasteiger partial charge in [-0.3, -0.25) is 4.79 Å². The molecule has 1 aromatic carbocycles. The number of furan rings is 1. The molecular formula is C14H14O5. The van der Waals surface area contributed by atoms with E-state index in [0.29, 0.717) is 34.1 Å². The van der Waals surface area contributed by atoms with E-state index in [9.17, 15) is 9.59 Å². The van der Waals surface area contributed by atoms with Gasteiger partial charge in [0, 0.05) is 10.9 Å². The van der Waals surface area contributed by atoms with E-state index >= 15 is 0 Å². The Hall–Kier alpha value is -2.30. The predicted molar refractivity (Wildman–Crippen MR) is 68.8 cm³/mol. The molecule has 1 heterocycles. The number of hydrogen-bond acceptors (Lipinski definition) is 5. The number of rotatable bonds is 4. The predicted octanol–water partition coefficient (Wildman–Crippen LogP) is 2.74. The Morgan fingerprint density at radius 2 is 2.16 bits per heavy atom. The number of ether oxygens (including phenoxy) is 2. The Morgan fingerprint density at radius 1 is 1.42 bits per heavy atom. The molecule has 0 saturated carbocycles. The van der Waals surface area contributed by atoms with Gasteiger partial charge >= 0.3 is 5.97 Å². The van der Waals surface area contributed by atoms with Gasteiger partial charge in [0.05, 0.1) is 19.3 Å². The van der Waals surface area contributed by atoms with E-state index in [0.717, 1.165) is 0 Å². The van der Waals surface area contributed by atoms with Crippen molar-refractivity contribution in [1.82, 2.24) is 0 Å². The van der Waals surface area contributed by atoms with Crippen molar-refractivity contribution in [1.29, 1.82) is 0 Å². The van der Waals surface area contributed by atoms with Crippen LogP contribution >= 0.6 is 0 Å². The normalized spacial score (nSPS) is 10.5. The molecule has 5 nitrogen and oxygen atoms in total. The summed E-state index contributed by atoms with van der Waals surface area (Å²) in [7, 11) is 1.48. The molecule has 0 spiro atoms. The van der Waals surface area contributed by atoms with E-state index in [2.05, 4.69) is 0 Å². The fraction of sp³-hybridized carbons (Fsp3) is 0.286. The largest absolute Gasteiger partial charge is 0.496 e. The zero-order chi connectivity index (χ0) is 14.0. The Labute approximate surface area is 110 Å². The Kier molecular flexibility index (Phi) is 3.55. The molecule has 19 heavy (non-hydrogen) atoms. The van der Waals surface area contributed by atoms with Crippen molar-refractivity contribution in [2.75, 3.05) is 13.7 Å². The number of methoxy groups -OCH3 is 1. The first-order valence-electron chi connectivity index (χ1n) is 5.85. The molecule has 0 radical (unpaired) electrons. The Morgan fingerprint density at radius 3 is 2.74 bits per heavy atom. The zero-order valence-corrected chi connectivity index (χ0v) is 11.0. The van der Waals surface area contributed by atoms with Gasteiger partial charge in [0.25, 0.3) is 0 Å². The van der Waals surface area contributed by atoms with E-state index in [1.807, 2.05) is 0 Å². The first-order valence-corrected chi connectivity index (χ1v) is 5.85. The number of fused-ring (bicyclic) bond motifs is 1. The van der Waals surface area contributed by atoms with E-state index in [-0.39, 0.29) is 12.4 Å². The minimum absolute atomic E-state index is 0.116. The highest BCUT2D eigenvalue weighted by Crippen LogP contribution is 2.32. The summed E-state index contributed by atoms with van der Waals surface area (Å²) < 4.78 is 15.5. The van der Waals surface area contributed by atoms with Gasteiger partial charge in [-0.1, -0.05) is 0 Å². The molecule has 1 aromatic heterocycles. The van der Waals surface area contributed by atoms with Crippen molar-refractivity contribution in [2.24, 2.45) is 0 Å². The van der Waals surface area contributed by atoms with Crippen molar-refractivity contribution in [3.8, 4) is 5.75 Å². The summed E-state index contributed by atoms with van der Waals surface area (Å²) in [4.78, 5) is 22.6. The average Bonchev–Trinajstić information content (AvgIpc) is 2.83. The molecule has 0 fully saturated rings. The summed E-state index contributed by atoms with van der Waals surface area (Å²) in [5, 5.41) is 0.670. The van der Waals surface area contributed by atoms with E-state index in [4.69, 9.17) is 13.9 Å². The van der Waals surface area contributed by atoms with Gasteiger partial charge < -0.3 is 13.9 Å². The number of aldehydes is 1. The van der Waals surface area contributed by atoms with Gasteiger partial charge in [-0.15, -0.1) is 0 Å². The summed E-state index contributed by atoms with van der Waals surface area (Å²) in [5.74, 6) is 0.0435. The van der Waals surface area contributed by atoms with Crippen molar-refractivity contribution >= 4 is 23.2 Å². The first-order chi connectivity index (χ1) is 9.12. The van der Waals surface area contributed by atoms with Crippen LogP contribution in [-0.2, 0) is 4.74 Å². The van der Waals surface area contributed by atoms with Crippen LogP contribution < -0.4 is 4.74 Å². The van der Waals surface area contributed by atoms with Crippen LogP contribution in [0.5, 0.6) is 5.75 Å². The minimum Gasteiger partial charge on any atom is -0.496 e. The van der Waals surface area contributed by atoms with Crippen LogP contribution in [0.4, 0.5) is 0 Å². The molecule has 0 unspecified atom stereocenters. The van der Waals surface area contributed by atoms with Crippen LogP contribution in [0.25, 0.3) is 11.0 Å². The summed E-state index contributed by atoms with van der Waals surface area (Å²) in [6.07, 6.45) is 0.711. The summed E-state index contributed by atoms with van der Waals surface area (Å²) in [6.45, 7) is 3.77. The molecule has 0 aliphatic heterocycles. The summed E-state index contributed by atoms with van der Waals surface area (Å²) in [5.41, 5.74) is 1.62. The van der Waals surface area contributed by atoms with Crippen LogP contribution in [0.15, 0.2) is 16.5 Å². The second-order valence-electron chi connectivity index (χ2n) is 3.99. The molecule has 0 aliphatic carbocycles. The van der Waals surface area contributed by atoms with Gasteiger partial charge in [0.1, 0.15) is 11.3 Å². The highest BCUT2D eigenvalue weighted by atomic mass is 16.5. The van der Waals surface area contributed by atoms with E-state index in [1.165, 1.54) is 7.11 Å². The quantitative estimate of drug-likeness (QED) is 0.626. The van der Waals surface area contributed by atoms with Crippen molar-refractivity contribution in [2.45, 2.75) is 13.8 Å². The molecule has 100 valence electrons. The van der Waals surface area contributed by atoms with Gasteiger partial charge in [0.2, 0.25) is 5.76 Å². The van der Waals surface area contributed by atoms with Crippen molar-refractivity contribution in [3.05, 3.63) is 29.0 Å². The molecule has 0 saturated heterocycles. The fourth-order valence-electron chi connectivity index (χ4n) is 2.02. The van der Waals surface area contributed by atoms with Gasteiger partial charge in [0.15, 0.2) is 6.29 Å². The first kappa shape index (κ1) is 13.1. The Bertz CT molecular complexity index is 639. The highest BCUT2D eigenvalue weighted by Gasteiger charge is 2.18. The van der Waals surface area contributed by atoms with Crippen LogP contribution in [0, 0.1) is 6.92 Å². The molecule has 0 atom stereocenters. The molecule has 2 rings (SSSR count). The monoisotopic (exact) mass is 262 g/mol. The molecule has 0 aliphatic rings. The van der Waals surface area contributed by atoms with E-state index < -0.39 is 5.97 Å². The third kappa shape index (κ3) is 2.19. The highest BCUT2D eigenvalue weighted by molar-refractivity contribution is 5.97. The number of carbonyl (C=O) groups excluding carboxylic acids is 2. The maximum absolute atomic E-state index is 11.6. The van der Waals surface area contributed by atoms with Crippen LogP contribution in [0.2, 0.25) is 0 Å². The standard InChI is InChI=1S/C14H14O5/c1-4-18-14(16)11-6-9-5-10(7-15)12(17-3)8(2)13(9)19-11/h5-7H,4H2,1-3H3. The maximum atomic E-state index is 11.6. The van der Waals surface area contributed by atoms with Gasteiger partial charge in [-0.25, -0.2) is 4.79 Å². The van der Waals surface area contributed by atoms with Crippen LogP contribution in [0.3, 0.4) is 0 Å². The van der Waals surface area contributed by atoms with Gasteiger partial charge in [-0.2, -0.15) is 0 Å². The van der Waals surface area contributed by atoms with Crippen LogP contribution in [0.1, 0.15) is 33.4 Å². The fourth-order valence-corrected chi connectivity index (χ4v) is 2.02. The number of carbonyl (C=O) groups is 2. The number of esters is 1. The molecule has 0 bridgehead atoms. The molecule has 0 N–H and O–H groups in total. The Balaban J connectivity index is 2.62. The maximum Gasteiger partial charge on any atom is 0.374 e. The molecule has 2 aromatic rings. The third-order valence-corrected chi connectivity index (χ3v) is 2.82. The summed E-state index contributed by atoms with van der Waals surface area (Å²) in [6, 6.07) is 3.19. The molecule has 0 amide bonds. The summed E-state index contributed by atoms with van der Waals surface area (Å²) >= 11 is 0. The third-order valence-electron chi connectivity index (χ3n) is 2.82. The van der Waals surface area contributed by atoms with E-state index in [1.54, 1.807) is 26.0 Å². The number of aryl methyl sites for hydroxylation is 1. The lowest BCUT2D eigenvalue weighted by atomic mass is 10.1. The smallest absolute Gasteiger partial charge is 0.374 e. The van der Waals surface area contributed by atoms with Gasteiger partial charge in [-0.05, 0) is 26.0 Å². The van der Waals surface area contributed by atoms with Crippen molar-refractivity contribution in [3.63, 3.8) is 0 Å². The molecule has 5 heteroatoms. The molecular weight excluding hydrogens is 248 g/mol. The number of hydrogen-bond donors (Lipinski definition) is 0.